The molecular formula is C17H15ClN2O4S. The van der Waals surface area contributed by atoms with E-state index in [0.29, 0.717) is 28.6 Å². The number of aromatic carboxylic acids is 1. The number of hydrogen-bond donors (Lipinski definition) is 1. The molecule has 8 heteroatoms. The van der Waals surface area contributed by atoms with Gasteiger partial charge in [-0.25, -0.2) is 4.79 Å². The Morgan fingerprint density at radius 1 is 1.24 bits per heavy atom. The second-order valence-electron chi connectivity index (χ2n) is 5.63. The molecule has 1 aromatic heterocycles. The maximum atomic E-state index is 12.7. The molecule has 2 amide bonds. The quantitative estimate of drug-likeness (QED) is 0.887. The number of rotatable bonds is 4. The fourth-order valence-electron chi connectivity index (χ4n) is 2.82. The fraction of sp³-hybridized carbons (Fsp3) is 0.235. The second kappa shape index (κ2) is 6.85. The highest BCUT2D eigenvalue weighted by Crippen LogP contribution is 2.31. The van der Waals surface area contributed by atoms with Gasteiger partial charge in [-0.05, 0) is 30.7 Å². The van der Waals surface area contributed by atoms with E-state index in [0.717, 1.165) is 11.3 Å². The third-order valence-corrected chi connectivity index (χ3v) is 5.52. The number of halogens is 1. The van der Waals surface area contributed by atoms with Crippen LogP contribution in [0.4, 0.5) is 5.69 Å². The van der Waals surface area contributed by atoms with Crippen molar-refractivity contribution >= 4 is 46.4 Å². The first-order chi connectivity index (χ1) is 11.9. The standard InChI is InChI=1S/C17H15ClN2O4S/c1-19(16(22)13-6-7-14(25-13)17(23)24)12-8-9-20(15(12)21)11-5-3-2-4-10(11)18/h2-7,12H,8-9H2,1H3,(H,23,24)/t12-/m0/s1. The Morgan fingerprint density at radius 2 is 1.92 bits per heavy atom. The summed E-state index contributed by atoms with van der Waals surface area (Å²) in [7, 11) is 1.56. The van der Waals surface area contributed by atoms with E-state index in [9.17, 15) is 14.4 Å². The van der Waals surface area contributed by atoms with Gasteiger partial charge in [0.15, 0.2) is 0 Å². The molecule has 0 spiro atoms. The summed E-state index contributed by atoms with van der Waals surface area (Å²) in [6.07, 6.45) is 0.490. The van der Waals surface area contributed by atoms with E-state index in [1.165, 1.54) is 17.0 Å². The smallest absolute Gasteiger partial charge is 0.345 e. The van der Waals surface area contributed by atoms with E-state index >= 15 is 0 Å². The Morgan fingerprint density at radius 3 is 2.56 bits per heavy atom. The van der Waals surface area contributed by atoms with E-state index in [2.05, 4.69) is 0 Å². The van der Waals surface area contributed by atoms with Gasteiger partial charge in [-0.3, -0.25) is 9.59 Å². The van der Waals surface area contributed by atoms with Gasteiger partial charge in [0.25, 0.3) is 5.91 Å². The van der Waals surface area contributed by atoms with Crippen molar-refractivity contribution in [1.82, 2.24) is 4.90 Å². The number of benzene rings is 1. The molecule has 1 aliphatic heterocycles. The van der Waals surface area contributed by atoms with Crippen LogP contribution in [0.5, 0.6) is 0 Å². The molecule has 2 heterocycles. The van der Waals surface area contributed by atoms with Crippen molar-refractivity contribution in [3.63, 3.8) is 0 Å². The Bertz CT molecular complexity index is 851. The zero-order chi connectivity index (χ0) is 18.1. The summed E-state index contributed by atoms with van der Waals surface area (Å²) >= 11 is 7.06. The molecule has 1 aliphatic rings. The number of carboxylic acids is 1. The second-order valence-corrected chi connectivity index (χ2v) is 7.12. The fourth-order valence-corrected chi connectivity index (χ4v) is 3.88. The molecule has 3 rings (SSSR count). The van der Waals surface area contributed by atoms with Gasteiger partial charge in [-0.15, -0.1) is 11.3 Å². The van der Waals surface area contributed by atoms with Crippen molar-refractivity contribution < 1.29 is 19.5 Å². The van der Waals surface area contributed by atoms with Gasteiger partial charge in [0.05, 0.1) is 15.6 Å². The minimum absolute atomic E-state index is 0.0900. The molecule has 130 valence electrons. The molecule has 25 heavy (non-hydrogen) atoms. The van der Waals surface area contributed by atoms with E-state index in [-0.39, 0.29) is 16.7 Å². The molecule has 0 aliphatic carbocycles. The van der Waals surface area contributed by atoms with Crippen molar-refractivity contribution in [2.24, 2.45) is 0 Å². The molecule has 1 fully saturated rings. The third kappa shape index (κ3) is 3.25. The summed E-state index contributed by atoms with van der Waals surface area (Å²) in [5.74, 6) is -1.63. The van der Waals surface area contributed by atoms with Gasteiger partial charge in [0.1, 0.15) is 10.9 Å². The molecule has 0 saturated carbocycles. The van der Waals surface area contributed by atoms with Crippen LogP contribution in [-0.4, -0.2) is 47.4 Å². The number of thiophene rings is 1. The van der Waals surface area contributed by atoms with Crippen LogP contribution in [0.15, 0.2) is 36.4 Å². The Labute approximate surface area is 153 Å². The maximum absolute atomic E-state index is 12.7. The van der Waals surface area contributed by atoms with Crippen molar-refractivity contribution in [3.05, 3.63) is 51.2 Å². The summed E-state index contributed by atoms with van der Waals surface area (Å²) < 4.78 is 0. The lowest BCUT2D eigenvalue weighted by Gasteiger charge is -2.24. The first-order valence-corrected chi connectivity index (χ1v) is 8.76. The van der Waals surface area contributed by atoms with Crippen molar-refractivity contribution in [2.75, 3.05) is 18.5 Å². The van der Waals surface area contributed by atoms with Crippen LogP contribution < -0.4 is 4.90 Å². The van der Waals surface area contributed by atoms with Crippen LogP contribution in [-0.2, 0) is 4.79 Å². The SMILES string of the molecule is CN(C(=O)c1ccc(C(=O)O)s1)[C@H]1CCN(c2ccccc2Cl)C1=O. The number of hydrogen-bond acceptors (Lipinski definition) is 4. The van der Waals surface area contributed by atoms with Crippen molar-refractivity contribution in [1.29, 1.82) is 0 Å². The van der Waals surface area contributed by atoms with Gasteiger partial charge in [0, 0.05) is 13.6 Å². The Balaban J connectivity index is 1.78. The molecule has 1 saturated heterocycles. The van der Waals surface area contributed by atoms with Crippen LogP contribution in [0.25, 0.3) is 0 Å². The molecule has 0 bridgehead atoms. The lowest BCUT2D eigenvalue weighted by Crippen LogP contribution is -2.42. The van der Waals surface area contributed by atoms with Crippen LogP contribution in [0, 0.1) is 0 Å². The lowest BCUT2D eigenvalue weighted by atomic mass is 10.2. The predicted molar refractivity (Wildman–Crippen MR) is 95.6 cm³/mol. The highest BCUT2D eigenvalue weighted by Gasteiger charge is 2.38. The molecular weight excluding hydrogens is 364 g/mol. The first-order valence-electron chi connectivity index (χ1n) is 7.56. The molecule has 2 aromatic rings. The van der Waals surface area contributed by atoms with Gasteiger partial charge < -0.3 is 14.9 Å². The number of carbonyl (C=O) groups excluding carboxylic acids is 2. The number of carboxylic acid groups (broad SMARTS) is 1. The molecule has 1 atom stereocenters. The topological polar surface area (TPSA) is 77.9 Å². The summed E-state index contributed by atoms with van der Waals surface area (Å²) in [5.41, 5.74) is 0.627. The molecule has 0 radical (unpaired) electrons. The van der Waals surface area contributed by atoms with Crippen molar-refractivity contribution in [2.45, 2.75) is 12.5 Å². The number of likely N-dealkylation sites (N-methyl/N-ethyl adjacent to an activating group) is 1. The number of para-hydroxylation sites is 1. The average molecular weight is 379 g/mol. The summed E-state index contributed by atoms with van der Waals surface area (Å²) in [6.45, 7) is 0.468. The highest BCUT2D eigenvalue weighted by molar-refractivity contribution is 7.15. The normalized spacial score (nSPS) is 17.0. The zero-order valence-corrected chi connectivity index (χ0v) is 14.9. The minimum Gasteiger partial charge on any atom is -0.477 e. The van der Waals surface area contributed by atoms with E-state index < -0.39 is 12.0 Å². The van der Waals surface area contributed by atoms with Gasteiger partial charge in [-0.2, -0.15) is 0 Å². The monoisotopic (exact) mass is 378 g/mol. The van der Waals surface area contributed by atoms with Crippen LogP contribution in [0.3, 0.4) is 0 Å². The van der Waals surface area contributed by atoms with Crippen LogP contribution in [0.2, 0.25) is 5.02 Å². The first kappa shape index (κ1) is 17.4. The van der Waals surface area contributed by atoms with E-state index in [1.54, 1.807) is 36.2 Å². The predicted octanol–water partition coefficient (Wildman–Crippen LogP) is 2.98. The number of nitrogens with zero attached hydrogens (tertiary/aromatic N) is 2. The Hall–Kier alpha value is -2.38. The third-order valence-electron chi connectivity index (χ3n) is 4.14. The minimum atomic E-state index is -1.08. The zero-order valence-electron chi connectivity index (χ0n) is 13.3. The van der Waals surface area contributed by atoms with Crippen LogP contribution >= 0.6 is 22.9 Å². The van der Waals surface area contributed by atoms with Gasteiger partial charge >= 0.3 is 5.97 Å². The van der Waals surface area contributed by atoms with E-state index in [1.807, 2.05) is 0 Å². The van der Waals surface area contributed by atoms with Crippen molar-refractivity contribution in [3.8, 4) is 0 Å². The molecule has 1 N–H and O–H groups in total. The molecule has 1 aromatic carbocycles. The summed E-state index contributed by atoms with van der Waals surface area (Å²) in [4.78, 5) is 39.6. The number of carbonyl (C=O) groups is 3. The number of anilines is 1. The largest absolute Gasteiger partial charge is 0.477 e. The summed E-state index contributed by atoms with van der Waals surface area (Å²) in [5, 5.41) is 9.45. The van der Waals surface area contributed by atoms with E-state index in [4.69, 9.17) is 16.7 Å². The summed E-state index contributed by atoms with van der Waals surface area (Å²) in [6, 6.07) is 9.33. The maximum Gasteiger partial charge on any atom is 0.345 e. The van der Waals surface area contributed by atoms with Gasteiger partial charge in [0.2, 0.25) is 5.91 Å². The molecule has 0 unspecified atom stereocenters. The average Bonchev–Trinajstić information content (AvgIpc) is 3.21. The lowest BCUT2D eigenvalue weighted by molar-refractivity contribution is -0.120. The van der Waals surface area contributed by atoms with Gasteiger partial charge in [-0.1, -0.05) is 23.7 Å². The number of amides is 2. The highest BCUT2D eigenvalue weighted by atomic mass is 35.5. The Kier molecular flexibility index (Phi) is 4.78. The molecule has 6 nitrogen and oxygen atoms in total. The van der Waals surface area contributed by atoms with Crippen LogP contribution in [0.1, 0.15) is 25.8 Å².